The van der Waals surface area contributed by atoms with E-state index in [4.69, 9.17) is 5.73 Å². The molecule has 1 aromatic heterocycles. The number of halogens is 1. The van der Waals surface area contributed by atoms with Crippen molar-refractivity contribution in [2.75, 3.05) is 0 Å². The molecule has 0 unspecified atom stereocenters. The summed E-state index contributed by atoms with van der Waals surface area (Å²) in [5.74, 6) is 0.0347. The number of amides is 1. The van der Waals surface area contributed by atoms with Crippen LogP contribution in [0, 0.1) is 0 Å². The first-order valence-electron chi connectivity index (χ1n) is 5.96. The summed E-state index contributed by atoms with van der Waals surface area (Å²) >= 11 is 4.97. The predicted octanol–water partition coefficient (Wildman–Crippen LogP) is 2.83. The first kappa shape index (κ1) is 14.2. The number of thiophene rings is 1. The van der Waals surface area contributed by atoms with Crippen molar-refractivity contribution in [3.8, 4) is 0 Å². The van der Waals surface area contributed by atoms with Crippen molar-refractivity contribution in [3.05, 3.63) is 56.2 Å². The van der Waals surface area contributed by atoms with Crippen LogP contribution in [0.4, 0.5) is 0 Å². The molecule has 0 fully saturated rings. The molecule has 0 aliphatic heterocycles. The summed E-state index contributed by atoms with van der Waals surface area (Å²) in [4.78, 5) is 12.9. The van der Waals surface area contributed by atoms with Crippen LogP contribution in [0.2, 0.25) is 0 Å². The first-order chi connectivity index (χ1) is 9.17. The van der Waals surface area contributed by atoms with E-state index in [0.717, 1.165) is 19.8 Å². The Morgan fingerprint density at radius 2 is 2.05 bits per heavy atom. The Labute approximate surface area is 125 Å². The highest BCUT2D eigenvalue weighted by atomic mass is 79.9. The molecule has 2 aromatic rings. The molecular weight excluding hydrogens is 324 g/mol. The van der Waals surface area contributed by atoms with E-state index in [0.29, 0.717) is 19.5 Å². The molecular formula is C14H15BrN2OS. The predicted molar refractivity (Wildman–Crippen MR) is 81.9 cm³/mol. The van der Waals surface area contributed by atoms with Gasteiger partial charge in [-0.15, -0.1) is 11.3 Å². The number of carbonyl (C=O) groups is 1. The van der Waals surface area contributed by atoms with Crippen LogP contribution in [0.25, 0.3) is 0 Å². The fraction of sp³-hybridized carbons (Fsp3) is 0.214. The van der Waals surface area contributed by atoms with Gasteiger partial charge in [0.05, 0.1) is 10.2 Å². The van der Waals surface area contributed by atoms with Gasteiger partial charge in [0.2, 0.25) is 5.91 Å². The number of rotatable bonds is 5. The maximum atomic E-state index is 11.8. The van der Waals surface area contributed by atoms with E-state index < -0.39 is 0 Å². The normalized spacial score (nSPS) is 10.4. The second-order valence-electron chi connectivity index (χ2n) is 4.18. The molecule has 3 N–H and O–H groups in total. The molecule has 0 bridgehead atoms. The van der Waals surface area contributed by atoms with E-state index in [1.807, 2.05) is 36.4 Å². The minimum atomic E-state index is 0.0347. The van der Waals surface area contributed by atoms with Gasteiger partial charge < -0.3 is 11.1 Å². The van der Waals surface area contributed by atoms with Gasteiger partial charge in [-0.25, -0.2) is 0 Å². The van der Waals surface area contributed by atoms with Crippen molar-refractivity contribution in [3.63, 3.8) is 0 Å². The minimum absolute atomic E-state index is 0.0347. The lowest BCUT2D eigenvalue weighted by Gasteiger charge is -2.06. The van der Waals surface area contributed by atoms with Gasteiger partial charge in [0, 0.05) is 18.0 Å². The van der Waals surface area contributed by atoms with Crippen LogP contribution in [0.15, 0.2) is 40.2 Å². The zero-order chi connectivity index (χ0) is 13.7. The van der Waals surface area contributed by atoms with Crippen LogP contribution >= 0.6 is 27.3 Å². The maximum absolute atomic E-state index is 11.8. The van der Waals surface area contributed by atoms with Gasteiger partial charge >= 0.3 is 0 Å². The smallest absolute Gasteiger partial charge is 0.225 e. The molecule has 0 saturated heterocycles. The van der Waals surface area contributed by atoms with Crippen molar-refractivity contribution in [1.29, 1.82) is 0 Å². The number of nitrogens with two attached hydrogens (primary N) is 1. The van der Waals surface area contributed by atoms with E-state index >= 15 is 0 Å². The summed E-state index contributed by atoms with van der Waals surface area (Å²) in [6.45, 7) is 1.06. The van der Waals surface area contributed by atoms with E-state index in [-0.39, 0.29) is 5.91 Å². The summed E-state index contributed by atoms with van der Waals surface area (Å²) in [6.07, 6.45) is 0.423. The first-order valence-corrected chi connectivity index (χ1v) is 7.57. The lowest BCUT2D eigenvalue weighted by molar-refractivity contribution is -0.120. The third-order valence-corrected chi connectivity index (χ3v) is 4.30. The standard InChI is InChI=1S/C14H15BrN2OS/c15-13-5-4-12(19-13)7-14(18)17-9-11-3-1-2-10(6-11)8-16/h1-6H,7-9,16H2,(H,17,18). The Morgan fingerprint density at radius 1 is 1.26 bits per heavy atom. The van der Waals surface area contributed by atoms with E-state index in [2.05, 4.69) is 21.2 Å². The van der Waals surface area contributed by atoms with Crippen LogP contribution in [-0.4, -0.2) is 5.91 Å². The van der Waals surface area contributed by atoms with Crippen LogP contribution in [0.1, 0.15) is 16.0 Å². The molecule has 2 rings (SSSR count). The molecule has 100 valence electrons. The van der Waals surface area contributed by atoms with E-state index in [1.54, 1.807) is 11.3 Å². The number of carbonyl (C=O) groups excluding carboxylic acids is 1. The highest BCUT2D eigenvalue weighted by Crippen LogP contribution is 2.22. The van der Waals surface area contributed by atoms with Gasteiger partial charge in [0.1, 0.15) is 0 Å². The Morgan fingerprint density at radius 3 is 2.74 bits per heavy atom. The van der Waals surface area contributed by atoms with Gasteiger partial charge in [-0.3, -0.25) is 4.79 Å². The Balaban J connectivity index is 1.86. The lowest BCUT2D eigenvalue weighted by atomic mass is 10.1. The monoisotopic (exact) mass is 338 g/mol. The number of hydrogen-bond acceptors (Lipinski definition) is 3. The maximum Gasteiger partial charge on any atom is 0.225 e. The van der Waals surface area contributed by atoms with Gasteiger partial charge in [-0.05, 0) is 39.2 Å². The Hall–Kier alpha value is -1.17. The molecule has 0 spiro atoms. The topological polar surface area (TPSA) is 55.1 Å². The van der Waals surface area contributed by atoms with Crippen molar-refractivity contribution < 1.29 is 4.79 Å². The van der Waals surface area contributed by atoms with Gasteiger partial charge in [-0.1, -0.05) is 24.3 Å². The summed E-state index contributed by atoms with van der Waals surface area (Å²) in [5, 5.41) is 2.92. The Bertz CT molecular complexity index is 568. The fourth-order valence-electron chi connectivity index (χ4n) is 1.73. The van der Waals surface area contributed by atoms with Crippen molar-refractivity contribution in [2.45, 2.75) is 19.5 Å². The largest absolute Gasteiger partial charge is 0.352 e. The average molecular weight is 339 g/mol. The molecule has 1 heterocycles. The molecule has 19 heavy (non-hydrogen) atoms. The second-order valence-corrected chi connectivity index (χ2v) is 6.73. The molecule has 0 radical (unpaired) electrons. The zero-order valence-corrected chi connectivity index (χ0v) is 12.8. The quantitative estimate of drug-likeness (QED) is 0.880. The molecule has 3 nitrogen and oxygen atoms in total. The third kappa shape index (κ3) is 4.45. The molecule has 1 amide bonds. The molecule has 1 aromatic carbocycles. The van der Waals surface area contributed by atoms with Crippen LogP contribution < -0.4 is 11.1 Å². The second kappa shape index (κ2) is 6.84. The zero-order valence-electron chi connectivity index (χ0n) is 10.4. The van der Waals surface area contributed by atoms with Gasteiger partial charge in [0.25, 0.3) is 0 Å². The number of benzene rings is 1. The number of hydrogen-bond donors (Lipinski definition) is 2. The third-order valence-electron chi connectivity index (χ3n) is 2.68. The van der Waals surface area contributed by atoms with Crippen molar-refractivity contribution >= 4 is 33.2 Å². The summed E-state index contributed by atoms with van der Waals surface area (Å²) in [6, 6.07) is 11.9. The molecule has 0 saturated carbocycles. The van der Waals surface area contributed by atoms with Crippen LogP contribution in [0.5, 0.6) is 0 Å². The molecule has 0 aliphatic rings. The minimum Gasteiger partial charge on any atom is -0.352 e. The lowest BCUT2D eigenvalue weighted by Crippen LogP contribution is -2.24. The van der Waals surface area contributed by atoms with E-state index in [1.165, 1.54) is 0 Å². The molecule has 0 aliphatic carbocycles. The SMILES string of the molecule is NCc1cccc(CNC(=O)Cc2ccc(Br)s2)c1. The average Bonchev–Trinajstić information content (AvgIpc) is 2.82. The van der Waals surface area contributed by atoms with Gasteiger partial charge in [-0.2, -0.15) is 0 Å². The van der Waals surface area contributed by atoms with Crippen molar-refractivity contribution in [2.24, 2.45) is 5.73 Å². The van der Waals surface area contributed by atoms with Crippen LogP contribution in [-0.2, 0) is 24.3 Å². The summed E-state index contributed by atoms with van der Waals surface area (Å²) in [7, 11) is 0. The fourth-order valence-corrected chi connectivity index (χ4v) is 3.22. The summed E-state index contributed by atoms with van der Waals surface area (Å²) in [5.41, 5.74) is 7.74. The number of nitrogens with one attached hydrogen (secondary N) is 1. The van der Waals surface area contributed by atoms with E-state index in [9.17, 15) is 4.79 Å². The van der Waals surface area contributed by atoms with Crippen LogP contribution in [0.3, 0.4) is 0 Å². The highest BCUT2D eigenvalue weighted by Gasteiger charge is 2.05. The molecule has 0 atom stereocenters. The molecule has 5 heteroatoms. The highest BCUT2D eigenvalue weighted by molar-refractivity contribution is 9.11. The Kier molecular flexibility index (Phi) is 5.13. The summed E-state index contributed by atoms with van der Waals surface area (Å²) < 4.78 is 1.05. The van der Waals surface area contributed by atoms with Gasteiger partial charge in [0.15, 0.2) is 0 Å². The van der Waals surface area contributed by atoms with Crippen molar-refractivity contribution in [1.82, 2.24) is 5.32 Å².